The minimum Gasteiger partial charge on any atom is -0.454 e. The van der Waals surface area contributed by atoms with Crippen LogP contribution in [0.5, 0.6) is 11.5 Å². The van der Waals surface area contributed by atoms with Crippen LogP contribution in [0.1, 0.15) is 23.6 Å². The van der Waals surface area contributed by atoms with Crippen LogP contribution in [0.2, 0.25) is 0 Å². The first-order chi connectivity index (χ1) is 14.3. The summed E-state index contributed by atoms with van der Waals surface area (Å²) in [5.74, 6) is 0.506. The van der Waals surface area contributed by atoms with Gasteiger partial charge in [-0.3, -0.25) is 14.6 Å². The average Bonchev–Trinajstić information content (AvgIpc) is 3.14. The molecule has 9 nitrogen and oxygen atoms in total. The van der Waals surface area contributed by atoms with Crippen LogP contribution >= 0.6 is 0 Å². The third-order valence-electron chi connectivity index (χ3n) is 5.51. The van der Waals surface area contributed by atoms with Crippen LogP contribution in [-0.2, 0) is 16.0 Å². The number of primary amides is 1. The monoisotopic (exact) mass is 409 g/mol. The number of nitrogens with zero attached hydrogens (tertiary/aromatic N) is 2. The second kappa shape index (κ2) is 7.34. The number of amides is 2. The number of fused-ring (bicyclic) bond motifs is 2. The Bertz CT molecular complexity index is 1050. The summed E-state index contributed by atoms with van der Waals surface area (Å²) < 4.78 is 11.1. The molecule has 0 saturated carbocycles. The number of nitrogens with two attached hydrogens (primary N) is 2. The maximum Gasteiger partial charge on any atom is 0.245 e. The van der Waals surface area contributed by atoms with Gasteiger partial charge >= 0.3 is 0 Å². The number of rotatable bonds is 4. The van der Waals surface area contributed by atoms with Gasteiger partial charge in [-0.05, 0) is 36.8 Å². The van der Waals surface area contributed by atoms with E-state index >= 15 is 0 Å². The molecule has 1 unspecified atom stereocenters. The van der Waals surface area contributed by atoms with Crippen molar-refractivity contribution in [2.24, 2.45) is 16.6 Å². The molecule has 5 N–H and O–H groups in total. The maximum absolute atomic E-state index is 12.3. The Hall–Kier alpha value is -3.59. The van der Waals surface area contributed by atoms with Crippen molar-refractivity contribution in [2.75, 3.05) is 25.7 Å². The molecule has 0 radical (unpaired) electrons. The molecule has 2 aliphatic rings. The van der Waals surface area contributed by atoms with Gasteiger partial charge in [-0.2, -0.15) is 5.10 Å². The molecule has 2 aromatic rings. The highest BCUT2D eigenvalue weighted by molar-refractivity contribution is 6.14. The smallest absolute Gasteiger partial charge is 0.245 e. The van der Waals surface area contributed by atoms with E-state index in [0.717, 1.165) is 16.7 Å². The predicted octanol–water partition coefficient (Wildman–Crippen LogP) is 0.797. The number of benzene rings is 2. The summed E-state index contributed by atoms with van der Waals surface area (Å²) in [4.78, 5) is 23.8. The number of anilines is 1. The van der Waals surface area contributed by atoms with E-state index in [-0.39, 0.29) is 19.2 Å². The third kappa shape index (κ3) is 3.33. The van der Waals surface area contributed by atoms with Crippen LogP contribution in [0.25, 0.3) is 0 Å². The topological polar surface area (TPSA) is 132 Å². The maximum atomic E-state index is 12.3. The number of hydrogen-bond donors (Lipinski definition) is 3. The molecule has 2 heterocycles. The van der Waals surface area contributed by atoms with E-state index in [9.17, 15) is 9.59 Å². The molecule has 0 aliphatic carbocycles. The molecular weight excluding hydrogens is 386 g/mol. The molecule has 4 rings (SSSR count). The van der Waals surface area contributed by atoms with Gasteiger partial charge in [-0.15, -0.1) is 0 Å². The van der Waals surface area contributed by atoms with Gasteiger partial charge in [0.2, 0.25) is 18.6 Å². The Kier molecular flexibility index (Phi) is 4.83. The van der Waals surface area contributed by atoms with Crippen molar-refractivity contribution in [1.82, 2.24) is 5.01 Å². The molecule has 0 bridgehead atoms. The Balaban J connectivity index is 1.82. The van der Waals surface area contributed by atoms with Crippen molar-refractivity contribution in [2.45, 2.75) is 18.9 Å². The standard InChI is InChI=1S/C21H23N5O4/c1-21(20(23)28)9-13-7-16-17(30-11-29-16)8-15(13)19(25-26(21)2)12-3-5-14(6-4-12)24-18(27)10-22/h3-8H,9-11,22H2,1-2H3,(H2,23,28)(H,24,27). The zero-order valence-corrected chi connectivity index (χ0v) is 16.8. The molecule has 0 saturated heterocycles. The second-order valence-corrected chi connectivity index (χ2v) is 7.48. The first-order valence-electron chi connectivity index (χ1n) is 9.47. The Morgan fingerprint density at radius 1 is 1.20 bits per heavy atom. The Morgan fingerprint density at radius 2 is 1.87 bits per heavy atom. The summed E-state index contributed by atoms with van der Waals surface area (Å²) in [6.07, 6.45) is 0.364. The molecule has 0 fully saturated rings. The summed E-state index contributed by atoms with van der Waals surface area (Å²) >= 11 is 0. The van der Waals surface area contributed by atoms with Crippen LogP contribution in [0.15, 0.2) is 41.5 Å². The summed E-state index contributed by atoms with van der Waals surface area (Å²) in [5, 5.41) is 9.05. The van der Waals surface area contributed by atoms with E-state index in [0.29, 0.717) is 29.3 Å². The number of hydrazone groups is 1. The number of carbonyl (C=O) groups is 2. The minimum atomic E-state index is -1.01. The van der Waals surface area contributed by atoms with E-state index in [1.165, 1.54) is 0 Å². The summed E-state index contributed by atoms with van der Waals surface area (Å²) in [6, 6.07) is 11.0. The van der Waals surface area contributed by atoms with Gasteiger partial charge in [0, 0.05) is 30.3 Å². The lowest BCUT2D eigenvalue weighted by Crippen LogP contribution is -2.53. The van der Waals surface area contributed by atoms with Gasteiger partial charge in [-0.1, -0.05) is 12.1 Å². The van der Waals surface area contributed by atoms with Crippen LogP contribution in [0, 0.1) is 0 Å². The van der Waals surface area contributed by atoms with Crippen molar-refractivity contribution < 1.29 is 19.1 Å². The highest BCUT2D eigenvalue weighted by Gasteiger charge is 2.40. The zero-order chi connectivity index (χ0) is 21.5. The van der Waals surface area contributed by atoms with Crippen LogP contribution < -0.4 is 26.3 Å². The first kappa shape index (κ1) is 19.7. The molecule has 0 spiro atoms. The molecule has 9 heteroatoms. The van der Waals surface area contributed by atoms with Gasteiger partial charge in [0.25, 0.3) is 0 Å². The number of ether oxygens (including phenoxy) is 2. The fourth-order valence-corrected chi connectivity index (χ4v) is 3.53. The number of likely N-dealkylation sites (N-methyl/N-ethyl adjacent to an activating group) is 1. The second-order valence-electron chi connectivity index (χ2n) is 7.48. The lowest BCUT2D eigenvalue weighted by molar-refractivity contribution is -0.128. The third-order valence-corrected chi connectivity index (χ3v) is 5.51. The summed E-state index contributed by atoms with van der Waals surface area (Å²) in [6.45, 7) is 1.82. The number of nitrogens with one attached hydrogen (secondary N) is 1. The predicted molar refractivity (Wildman–Crippen MR) is 111 cm³/mol. The highest BCUT2D eigenvalue weighted by Crippen LogP contribution is 2.39. The molecule has 156 valence electrons. The van der Waals surface area contributed by atoms with E-state index in [2.05, 4.69) is 5.32 Å². The Morgan fingerprint density at radius 3 is 2.50 bits per heavy atom. The zero-order valence-electron chi connectivity index (χ0n) is 16.8. The lowest BCUT2D eigenvalue weighted by atomic mass is 9.87. The van der Waals surface area contributed by atoms with Gasteiger partial charge in [-0.25, -0.2) is 0 Å². The number of hydrogen-bond acceptors (Lipinski definition) is 7. The van der Waals surface area contributed by atoms with Crippen molar-refractivity contribution in [1.29, 1.82) is 0 Å². The van der Waals surface area contributed by atoms with Crippen LogP contribution in [-0.4, -0.2) is 48.5 Å². The molecule has 1 atom stereocenters. The fraction of sp³-hybridized carbons (Fsp3) is 0.286. The fourth-order valence-electron chi connectivity index (χ4n) is 3.53. The minimum absolute atomic E-state index is 0.0918. The van der Waals surface area contributed by atoms with Gasteiger partial charge in [0.1, 0.15) is 5.54 Å². The van der Waals surface area contributed by atoms with Crippen molar-refractivity contribution in [3.63, 3.8) is 0 Å². The Labute approximate surface area is 173 Å². The van der Waals surface area contributed by atoms with Crippen molar-refractivity contribution in [3.05, 3.63) is 53.1 Å². The molecule has 2 aliphatic heterocycles. The van der Waals surface area contributed by atoms with Crippen molar-refractivity contribution >= 4 is 23.2 Å². The van der Waals surface area contributed by atoms with Gasteiger partial charge in [0.15, 0.2) is 11.5 Å². The van der Waals surface area contributed by atoms with E-state index < -0.39 is 11.4 Å². The molecule has 30 heavy (non-hydrogen) atoms. The largest absolute Gasteiger partial charge is 0.454 e. The average molecular weight is 409 g/mol. The molecule has 0 aromatic heterocycles. The quantitative estimate of drug-likeness (QED) is 0.684. The summed E-state index contributed by atoms with van der Waals surface area (Å²) in [7, 11) is 1.73. The van der Waals surface area contributed by atoms with E-state index in [4.69, 9.17) is 26.0 Å². The lowest BCUT2D eigenvalue weighted by Gasteiger charge is -2.32. The first-order valence-corrected chi connectivity index (χ1v) is 9.47. The van der Waals surface area contributed by atoms with Crippen molar-refractivity contribution in [3.8, 4) is 11.5 Å². The normalized spacial score (nSPS) is 19.6. The van der Waals surface area contributed by atoms with Crippen LogP contribution in [0.3, 0.4) is 0 Å². The van der Waals surface area contributed by atoms with Crippen LogP contribution in [0.4, 0.5) is 5.69 Å². The number of carbonyl (C=O) groups excluding carboxylic acids is 2. The van der Waals surface area contributed by atoms with E-state index in [1.807, 2.05) is 24.3 Å². The molecule has 2 aromatic carbocycles. The van der Waals surface area contributed by atoms with Gasteiger partial charge in [0.05, 0.1) is 12.3 Å². The highest BCUT2D eigenvalue weighted by atomic mass is 16.7. The molecule has 2 amide bonds. The SMILES string of the molecule is CN1N=C(c2ccc(NC(=O)CN)cc2)c2cc3c(cc2CC1(C)C(N)=O)OCO3. The van der Waals surface area contributed by atoms with E-state index in [1.54, 1.807) is 31.1 Å². The molecular formula is C21H23N5O4. The van der Waals surface area contributed by atoms with Gasteiger partial charge < -0.3 is 26.3 Å². The summed E-state index contributed by atoms with van der Waals surface area (Å²) in [5.41, 5.74) is 13.9.